The quantitative estimate of drug-likeness (QED) is 0.760. The molecule has 90 valence electrons. The molecule has 0 saturated carbocycles. The summed E-state index contributed by atoms with van der Waals surface area (Å²) in [6, 6.07) is 8.26. The fraction of sp³-hybridized carbons (Fsp3) is 0.214. The van der Waals surface area contributed by atoms with Gasteiger partial charge < -0.3 is 4.90 Å². The molecule has 0 fully saturated rings. The van der Waals surface area contributed by atoms with E-state index in [1.54, 1.807) is 12.4 Å². The maximum atomic E-state index is 12.3. The lowest BCUT2D eigenvalue weighted by atomic mass is 9.99. The fourth-order valence-corrected chi connectivity index (χ4v) is 2.26. The highest BCUT2D eigenvalue weighted by molar-refractivity contribution is 5.93. The molecule has 3 rings (SSSR count). The standard InChI is InChI=1S/C14H13N3O/c18-14(13-7-15-10-16-8-13)17-6-5-11-3-1-2-4-12(11)9-17/h1-4,7-8,10H,5-6,9H2. The minimum absolute atomic E-state index is 0.00473. The molecular formula is C14H13N3O. The van der Waals surface area contributed by atoms with Crippen LogP contribution in [-0.2, 0) is 13.0 Å². The monoisotopic (exact) mass is 239 g/mol. The molecule has 0 unspecified atom stereocenters. The largest absolute Gasteiger partial charge is 0.334 e. The molecule has 0 bridgehead atoms. The van der Waals surface area contributed by atoms with E-state index in [2.05, 4.69) is 22.1 Å². The molecule has 0 N–H and O–H groups in total. The Balaban J connectivity index is 1.82. The maximum Gasteiger partial charge on any atom is 0.257 e. The second-order valence-electron chi connectivity index (χ2n) is 4.37. The molecule has 1 aliphatic rings. The smallest absolute Gasteiger partial charge is 0.257 e. The third-order valence-electron chi connectivity index (χ3n) is 3.23. The van der Waals surface area contributed by atoms with Crippen molar-refractivity contribution in [3.8, 4) is 0 Å². The zero-order valence-corrected chi connectivity index (χ0v) is 9.91. The Labute approximate surface area is 105 Å². The number of rotatable bonds is 1. The van der Waals surface area contributed by atoms with Crippen LogP contribution >= 0.6 is 0 Å². The first-order chi connectivity index (χ1) is 8.84. The molecule has 0 atom stereocenters. The van der Waals surface area contributed by atoms with E-state index in [0.717, 1.165) is 13.0 Å². The van der Waals surface area contributed by atoms with Crippen LogP contribution in [0.15, 0.2) is 43.0 Å². The molecular weight excluding hydrogens is 226 g/mol. The summed E-state index contributed by atoms with van der Waals surface area (Å²) in [4.78, 5) is 21.9. The molecule has 2 aromatic rings. The predicted octanol–water partition coefficient (Wildman–Crippen LogP) is 1.68. The number of hydrogen-bond acceptors (Lipinski definition) is 3. The lowest BCUT2D eigenvalue weighted by molar-refractivity contribution is 0.0734. The summed E-state index contributed by atoms with van der Waals surface area (Å²) in [6.45, 7) is 1.43. The number of nitrogens with zero attached hydrogens (tertiary/aromatic N) is 3. The van der Waals surface area contributed by atoms with Gasteiger partial charge >= 0.3 is 0 Å². The van der Waals surface area contributed by atoms with Gasteiger partial charge in [0, 0.05) is 25.5 Å². The van der Waals surface area contributed by atoms with Gasteiger partial charge in [-0.1, -0.05) is 24.3 Å². The Hall–Kier alpha value is -2.23. The molecule has 1 aromatic heterocycles. The van der Waals surface area contributed by atoms with Gasteiger partial charge in [-0.2, -0.15) is 0 Å². The molecule has 1 aliphatic heterocycles. The molecule has 0 saturated heterocycles. The molecule has 1 aromatic carbocycles. The third-order valence-corrected chi connectivity index (χ3v) is 3.23. The van der Waals surface area contributed by atoms with Gasteiger partial charge in [0.05, 0.1) is 5.56 Å². The van der Waals surface area contributed by atoms with E-state index in [1.165, 1.54) is 17.5 Å². The van der Waals surface area contributed by atoms with Crippen LogP contribution in [0.4, 0.5) is 0 Å². The van der Waals surface area contributed by atoms with Crippen molar-refractivity contribution in [2.45, 2.75) is 13.0 Å². The number of fused-ring (bicyclic) bond motifs is 1. The van der Waals surface area contributed by atoms with E-state index in [-0.39, 0.29) is 5.91 Å². The van der Waals surface area contributed by atoms with Crippen molar-refractivity contribution in [1.82, 2.24) is 14.9 Å². The number of amides is 1. The van der Waals surface area contributed by atoms with E-state index < -0.39 is 0 Å². The number of hydrogen-bond donors (Lipinski definition) is 0. The zero-order chi connectivity index (χ0) is 12.4. The van der Waals surface area contributed by atoms with E-state index in [0.29, 0.717) is 12.1 Å². The number of carbonyl (C=O) groups is 1. The van der Waals surface area contributed by atoms with Crippen LogP contribution < -0.4 is 0 Å². The van der Waals surface area contributed by atoms with E-state index in [9.17, 15) is 4.79 Å². The molecule has 18 heavy (non-hydrogen) atoms. The first-order valence-corrected chi connectivity index (χ1v) is 5.95. The summed E-state index contributed by atoms with van der Waals surface area (Å²) in [7, 11) is 0. The van der Waals surface area contributed by atoms with E-state index in [1.807, 2.05) is 17.0 Å². The van der Waals surface area contributed by atoms with Gasteiger partial charge in [-0.3, -0.25) is 4.79 Å². The van der Waals surface area contributed by atoms with Crippen molar-refractivity contribution in [3.63, 3.8) is 0 Å². The van der Waals surface area contributed by atoms with Crippen molar-refractivity contribution in [2.24, 2.45) is 0 Å². The Morgan fingerprint density at radius 2 is 1.83 bits per heavy atom. The molecule has 4 nitrogen and oxygen atoms in total. The first-order valence-electron chi connectivity index (χ1n) is 5.95. The van der Waals surface area contributed by atoms with Gasteiger partial charge in [-0.25, -0.2) is 9.97 Å². The van der Waals surface area contributed by atoms with E-state index >= 15 is 0 Å². The molecule has 4 heteroatoms. The second kappa shape index (κ2) is 4.56. The van der Waals surface area contributed by atoms with Crippen LogP contribution in [0.25, 0.3) is 0 Å². The molecule has 2 heterocycles. The van der Waals surface area contributed by atoms with Gasteiger partial charge in [0.25, 0.3) is 5.91 Å². The highest BCUT2D eigenvalue weighted by Crippen LogP contribution is 2.19. The summed E-state index contributed by atoms with van der Waals surface area (Å²) in [6.07, 6.45) is 5.48. The van der Waals surface area contributed by atoms with Crippen LogP contribution in [0.1, 0.15) is 21.5 Å². The summed E-state index contributed by atoms with van der Waals surface area (Å²) < 4.78 is 0. The zero-order valence-electron chi connectivity index (χ0n) is 9.91. The molecule has 1 amide bonds. The molecule has 0 aliphatic carbocycles. The minimum Gasteiger partial charge on any atom is -0.334 e. The number of benzene rings is 1. The Bertz CT molecular complexity index is 568. The summed E-state index contributed by atoms with van der Waals surface area (Å²) in [5.74, 6) is 0.00473. The van der Waals surface area contributed by atoms with Gasteiger partial charge in [0.2, 0.25) is 0 Å². The van der Waals surface area contributed by atoms with Crippen LogP contribution in [0.3, 0.4) is 0 Å². The minimum atomic E-state index is 0.00473. The van der Waals surface area contributed by atoms with Gasteiger partial charge in [-0.05, 0) is 17.5 Å². The van der Waals surface area contributed by atoms with Crippen molar-refractivity contribution in [3.05, 3.63) is 59.7 Å². The van der Waals surface area contributed by atoms with E-state index in [4.69, 9.17) is 0 Å². The van der Waals surface area contributed by atoms with Crippen LogP contribution in [-0.4, -0.2) is 27.3 Å². The van der Waals surface area contributed by atoms with Crippen LogP contribution in [0.5, 0.6) is 0 Å². The lowest BCUT2D eigenvalue weighted by Gasteiger charge is -2.28. The van der Waals surface area contributed by atoms with Crippen LogP contribution in [0, 0.1) is 0 Å². The summed E-state index contributed by atoms with van der Waals surface area (Å²) in [5.41, 5.74) is 3.12. The maximum absolute atomic E-state index is 12.3. The van der Waals surface area contributed by atoms with Gasteiger partial charge in [-0.15, -0.1) is 0 Å². The number of carbonyl (C=O) groups excluding carboxylic acids is 1. The first kappa shape index (κ1) is 10.9. The lowest BCUT2D eigenvalue weighted by Crippen LogP contribution is -2.36. The molecule has 0 spiro atoms. The molecule has 0 radical (unpaired) electrons. The normalized spacial score (nSPS) is 14.1. The predicted molar refractivity (Wildman–Crippen MR) is 66.9 cm³/mol. The highest BCUT2D eigenvalue weighted by Gasteiger charge is 2.21. The average molecular weight is 239 g/mol. The highest BCUT2D eigenvalue weighted by atomic mass is 16.2. The van der Waals surface area contributed by atoms with Crippen molar-refractivity contribution < 1.29 is 4.79 Å². The Morgan fingerprint density at radius 1 is 1.11 bits per heavy atom. The van der Waals surface area contributed by atoms with Crippen molar-refractivity contribution >= 4 is 5.91 Å². The third kappa shape index (κ3) is 1.97. The van der Waals surface area contributed by atoms with Crippen molar-refractivity contribution in [2.75, 3.05) is 6.54 Å². The van der Waals surface area contributed by atoms with Crippen molar-refractivity contribution in [1.29, 1.82) is 0 Å². The topological polar surface area (TPSA) is 46.1 Å². The summed E-state index contributed by atoms with van der Waals surface area (Å²) >= 11 is 0. The summed E-state index contributed by atoms with van der Waals surface area (Å²) in [5, 5.41) is 0. The van der Waals surface area contributed by atoms with Crippen LogP contribution in [0.2, 0.25) is 0 Å². The average Bonchev–Trinajstić information content (AvgIpc) is 2.47. The number of aromatic nitrogens is 2. The fourth-order valence-electron chi connectivity index (χ4n) is 2.26. The second-order valence-corrected chi connectivity index (χ2v) is 4.37. The van der Waals surface area contributed by atoms with Gasteiger partial charge in [0.15, 0.2) is 0 Å². The Morgan fingerprint density at radius 3 is 2.61 bits per heavy atom. The van der Waals surface area contributed by atoms with Gasteiger partial charge in [0.1, 0.15) is 6.33 Å². The Kier molecular flexibility index (Phi) is 2.76. The SMILES string of the molecule is O=C(c1cncnc1)N1CCc2ccccc2C1.